The third-order valence-corrected chi connectivity index (χ3v) is 4.60. The molecule has 21 heavy (non-hydrogen) atoms. The second kappa shape index (κ2) is 6.08. The maximum Gasteiger partial charge on any atom is 0.255 e. The highest BCUT2D eigenvalue weighted by molar-refractivity contribution is 5.99. The fourth-order valence-electron chi connectivity index (χ4n) is 3.40. The molecule has 0 spiro atoms. The van der Waals surface area contributed by atoms with Crippen LogP contribution >= 0.6 is 0 Å². The molecule has 1 aliphatic rings. The van der Waals surface area contributed by atoms with Crippen LogP contribution in [0.15, 0.2) is 24.3 Å². The molecular weight excluding hydrogens is 260 g/mol. The first kappa shape index (κ1) is 15.9. The molecule has 1 fully saturated rings. The van der Waals surface area contributed by atoms with Crippen molar-refractivity contribution in [2.75, 3.05) is 19.4 Å². The Morgan fingerprint density at radius 1 is 1.29 bits per heavy atom. The minimum atomic E-state index is 0.0573. The molecule has 3 nitrogen and oxygen atoms in total. The summed E-state index contributed by atoms with van der Waals surface area (Å²) in [5.41, 5.74) is 2.17. The summed E-state index contributed by atoms with van der Waals surface area (Å²) in [4.78, 5) is 13.9. The van der Waals surface area contributed by atoms with Crippen LogP contribution in [0.3, 0.4) is 0 Å². The zero-order valence-electron chi connectivity index (χ0n) is 13.9. The van der Waals surface area contributed by atoms with Gasteiger partial charge in [0.15, 0.2) is 0 Å². The van der Waals surface area contributed by atoms with Crippen molar-refractivity contribution >= 4 is 11.6 Å². The van der Waals surface area contributed by atoms with Crippen molar-refractivity contribution in [1.82, 2.24) is 4.90 Å². The van der Waals surface area contributed by atoms with Crippen molar-refractivity contribution < 1.29 is 4.79 Å². The third kappa shape index (κ3) is 3.78. The maximum absolute atomic E-state index is 12.3. The van der Waals surface area contributed by atoms with Crippen LogP contribution in [-0.4, -0.2) is 30.9 Å². The van der Waals surface area contributed by atoms with E-state index < -0.39 is 0 Å². The molecule has 3 heteroatoms. The van der Waals surface area contributed by atoms with Crippen molar-refractivity contribution in [2.45, 2.75) is 46.1 Å². The summed E-state index contributed by atoms with van der Waals surface area (Å²) in [5.74, 6) is 0.679. The number of amides is 1. The van der Waals surface area contributed by atoms with Gasteiger partial charge in [-0.05, 0) is 42.7 Å². The monoisotopic (exact) mass is 288 g/mol. The molecule has 1 amide bonds. The van der Waals surface area contributed by atoms with Crippen molar-refractivity contribution in [3.05, 3.63) is 29.8 Å². The number of carbonyl (C=O) groups is 1. The van der Waals surface area contributed by atoms with E-state index in [1.807, 2.05) is 24.3 Å². The van der Waals surface area contributed by atoms with Crippen LogP contribution in [-0.2, 0) is 0 Å². The summed E-state index contributed by atoms with van der Waals surface area (Å²) in [6.07, 6.45) is 3.63. The molecule has 0 aromatic heterocycles. The Bertz CT molecular complexity index is 508. The van der Waals surface area contributed by atoms with Gasteiger partial charge in [0.1, 0.15) is 0 Å². The third-order valence-electron chi connectivity index (χ3n) is 4.60. The van der Waals surface area contributed by atoms with Gasteiger partial charge in [-0.2, -0.15) is 0 Å². The van der Waals surface area contributed by atoms with Crippen LogP contribution in [0.25, 0.3) is 0 Å². The average Bonchev–Trinajstić information content (AvgIpc) is 2.41. The zero-order chi connectivity index (χ0) is 15.6. The highest BCUT2D eigenvalue weighted by Gasteiger charge is 2.32. The number of para-hydroxylation sites is 1. The molecule has 2 rings (SSSR count). The average molecular weight is 288 g/mol. The number of rotatable bonds is 3. The summed E-state index contributed by atoms with van der Waals surface area (Å²) in [7, 11) is 3.59. The van der Waals surface area contributed by atoms with Crippen LogP contribution < -0.4 is 5.32 Å². The number of nitrogens with one attached hydrogen (secondary N) is 1. The van der Waals surface area contributed by atoms with E-state index in [0.717, 1.165) is 11.3 Å². The van der Waals surface area contributed by atoms with E-state index >= 15 is 0 Å². The Hall–Kier alpha value is -1.51. The number of hydrogen-bond acceptors (Lipinski definition) is 2. The second-order valence-electron chi connectivity index (χ2n) is 7.38. The Kier molecular flexibility index (Phi) is 4.60. The van der Waals surface area contributed by atoms with E-state index in [0.29, 0.717) is 17.4 Å². The van der Waals surface area contributed by atoms with E-state index in [1.165, 1.54) is 19.3 Å². The quantitative estimate of drug-likeness (QED) is 0.911. The second-order valence-corrected chi connectivity index (χ2v) is 7.38. The number of carbonyl (C=O) groups excluding carboxylic acids is 1. The zero-order valence-corrected chi connectivity index (χ0v) is 13.9. The molecule has 1 aromatic carbocycles. The van der Waals surface area contributed by atoms with E-state index in [-0.39, 0.29) is 5.91 Å². The lowest BCUT2D eigenvalue weighted by atomic mass is 9.70. The summed E-state index contributed by atoms with van der Waals surface area (Å²) in [5, 5.41) is 3.63. The molecule has 0 radical (unpaired) electrons. The van der Waals surface area contributed by atoms with E-state index in [1.54, 1.807) is 19.0 Å². The van der Waals surface area contributed by atoms with Gasteiger partial charge in [0, 0.05) is 25.8 Å². The summed E-state index contributed by atoms with van der Waals surface area (Å²) in [6, 6.07) is 8.29. The number of hydrogen-bond donors (Lipinski definition) is 1. The first-order valence-corrected chi connectivity index (χ1v) is 7.87. The predicted molar refractivity (Wildman–Crippen MR) is 88.7 cm³/mol. The fraction of sp³-hybridized carbons (Fsp3) is 0.611. The SMILES string of the molecule is CC1CC(C)(C)CCC1Nc1ccccc1C(=O)N(C)C. The lowest BCUT2D eigenvalue weighted by molar-refractivity contribution is 0.0828. The normalized spacial score (nSPS) is 24.4. The first-order chi connectivity index (χ1) is 9.80. The van der Waals surface area contributed by atoms with Gasteiger partial charge >= 0.3 is 0 Å². The Labute approximate surface area is 128 Å². The molecule has 0 saturated heterocycles. The van der Waals surface area contributed by atoms with E-state index in [9.17, 15) is 4.79 Å². The summed E-state index contributed by atoms with van der Waals surface area (Å²) in [6.45, 7) is 7.02. The van der Waals surface area contributed by atoms with Gasteiger partial charge in [-0.15, -0.1) is 0 Å². The summed E-state index contributed by atoms with van der Waals surface area (Å²) < 4.78 is 0. The predicted octanol–water partition coefficient (Wildman–Crippen LogP) is 4.02. The van der Waals surface area contributed by atoms with Gasteiger partial charge in [-0.25, -0.2) is 0 Å². The smallest absolute Gasteiger partial charge is 0.255 e. The highest BCUT2D eigenvalue weighted by atomic mass is 16.2. The summed E-state index contributed by atoms with van der Waals surface area (Å²) >= 11 is 0. The molecule has 1 aromatic rings. The largest absolute Gasteiger partial charge is 0.381 e. The minimum Gasteiger partial charge on any atom is -0.381 e. The molecule has 0 bridgehead atoms. The van der Waals surface area contributed by atoms with Gasteiger partial charge in [-0.3, -0.25) is 4.79 Å². The van der Waals surface area contributed by atoms with E-state index in [2.05, 4.69) is 26.1 Å². The fourth-order valence-corrected chi connectivity index (χ4v) is 3.40. The number of anilines is 1. The standard InChI is InChI=1S/C18H28N2O/c1-13-12-18(2,3)11-10-15(13)19-16-9-7-6-8-14(16)17(21)20(4)5/h6-9,13,15,19H,10-12H2,1-5H3. The molecule has 1 aliphatic carbocycles. The Morgan fingerprint density at radius 2 is 1.95 bits per heavy atom. The maximum atomic E-state index is 12.3. The number of nitrogens with zero attached hydrogens (tertiary/aromatic N) is 1. The van der Waals surface area contributed by atoms with Crippen LogP contribution in [0.1, 0.15) is 50.4 Å². The Balaban J connectivity index is 2.15. The Morgan fingerprint density at radius 3 is 2.57 bits per heavy atom. The van der Waals surface area contributed by atoms with Gasteiger partial charge in [-0.1, -0.05) is 32.9 Å². The van der Waals surface area contributed by atoms with Gasteiger partial charge < -0.3 is 10.2 Å². The number of benzene rings is 1. The van der Waals surface area contributed by atoms with Crippen LogP contribution in [0.5, 0.6) is 0 Å². The molecule has 1 saturated carbocycles. The molecule has 2 unspecified atom stereocenters. The van der Waals surface area contributed by atoms with Gasteiger partial charge in [0.05, 0.1) is 5.56 Å². The van der Waals surface area contributed by atoms with Crippen molar-refractivity contribution in [2.24, 2.45) is 11.3 Å². The first-order valence-electron chi connectivity index (χ1n) is 7.87. The van der Waals surface area contributed by atoms with Crippen LogP contribution in [0, 0.1) is 11.3 Å². The highest BCUT2D eigenvalue weighted by Crippen LogP contribution is 2.39. The molecule has 0 aliphatic heterocycles. The van der Waals surface area contributed by atoms with Gasteiger partial charge in [0.25, 0.3) is 5.91 Å². The van der Waals surface area contributed by atoms with Crippen LogP contribution in [0.4, 0.5) is 5.69 Å². The van der Waals surface area contributed by atoms with Crippen molar-refractivity contribution in [3.63, 3.8) is 0 Å². The lowest BCUT2D eigenvalue weighted by Crippen LogP contribution is -2.37. The van der Waals surface area contributed by atoms with Crippen molar-refractivity contribution in [3.8, 4) is 0 Å². The van der Waals surface area contributed by atoms with E-state index in [4.69, 9.17) is 0 Å². The lowest BCUT2D eigenvalue weighted by Gasteiger charge is -2.40. The molecule has 2 atom stereocenters. The topological polar surface area (TPSA) is 32.3 Å². The molecule has 0 heterocycles. The van der Waals surface area contributed by atoms with Crippen LogP contribution in [0.2, 0.25) is 0 Å². The molecular formula is C18H28N2O. The minimum absolute atomic E-state index is 0.0573. The van der Waals surface area contributed by atoms with Gasteiger partial charge in [0.2, 0.25) is 0 Å². The molecule has 116 valence electrons. The van der Waals surface area contributed by atoms with Crippen molar-refractivity contribution in [1.29, 1.82) is 0 Å². The molecule has 1 N–H and O–H groups in total.